The second-order valence-electron chi connectivity index (χ2n) is 10.2. The molecule has 8 heteroatoms. The van der Waals surface area contributed by atoms with Crippen molar-refractivity contribution in [2.75, 3.05) is 25.5 Å². The minimum absolute atomic E-state index is 0.0290. The Morgan fingerprint density at radius 3 is 2.53 bits per heavy atom. The lowest BCUT2D eigenvalue weighted by Crippen LogP contribution is -2.50. The molecule has 1 aromatic rings. The van der Waals surface area contributed by atoms with E-state index < -0.39 is 11.7 Å². The minimum Gasteiger partial charge on any atom is -0.340 e. The number of anilines is 1. The van der Waals surface area contributed by atoms with Crippen LogP contribution in [0.25, 0.3) is 0 Å². The van der Waals surface area contributed by atoms with Gasteiger partial charge in [-0.15, -0.1) is 0 Å². The number of carbonyl (C=O) groups excluding carboxylic acids is 1. The molecule has 2 heterocycles. The van der Waals surface area contributed by atoms with Gasteiger partial charge in [-0.3, -0.25) is 4.90 Å². The third-order valence-corrected chi connectivity index (χ3v) is 8.06. The van der Waals surface area contributed by atoms with Gasteiger partial charge in [-0.25, -0.2) is 9.79 Å². The van der Waals surface area contributed by atoms with Crippen molar-refractivity contribution in [1.82, 2.24) is 9.80 Å². The molecule has 2 amide bonds. The first-order valence-corrected chi connectivity index (χ1v) is 13.1. The number of urea groups is 1. The third-order valence-electron chi connectivity index (χ3n) is 8.06. The van der Waals surface area contributed by atoms with Gasteiger partial charge in [0.2, 0.25) is 0 Å². The number of carbonyl (C=O) groups is 1. The first-order chi connectivity index (χ1) is 17.1. The first-order valence-electron chi connectivity index (χ1n) is 13.1. The zero-order chi connectivity index (χ0) is 26.0. The van der Waals surface area contributed by atoms with Crippen LogP contribution in [0.2, 0.25) is 0 Å². The van der Waals surface area contributed by atoms with Crippen LogP contribution < -0.4 is 5.32 Å². The van der Waals surface area contributed by atoms with Crippen molar-refractivity contribution < 1.29 is 18.0 Å². The van der Waals surface area contributed by atoms with Crippen LogP contribution >= 0.6 is 0 Å². The number of nitrogens with one attached hydrogen (secondary N) is 1. The summed E-state index contributed by atoms with van der Waals surface area (Å²) in [5, 5.41) is 3.20. The van der Waals surface area contributed by atoms with E-state index in [4.69, 9.17) is 4.99 Å². The van der Waals surface area contributed by atoms with E-state index in [0.717, 1.165) is 42.0 Å². The van der Waals surface area contributed by atoms with Gasteiger partial charge < -0.3 is 10.2 Å². The topological polar surface area (TPSA) is 47.9 Å². The molecule has 1 N–H and O–H groups in total. The maximum absolute atomic E-state index is 13.4. The number of alkyl halides is 3. The number of fused-ring (bicyclic) bond motifs is 1. The van der Waals surface area contributed by atoms with Gasteiger partial charge in [0, 0.05) is 31.7 Å². The highest BCUT2D eigenvalue weighted by Crippen LogP contribution is 2.40. The maximum atomic E-state index is 13.4. The van der Waals surface area contributed by atoms with E-state index in [0.29, 0.717) is 43.4 Å². The van der Waals surface area contributed by atoms with Gasteiger partial charge >= 0.3 is 12.2 Å². The average molecular weight is 503 g/mol. The molecule has 1 saturated carbocycles. The van der Waals surface area contributed by atoms with E-state index in [1.165, 1.54) is 18.9 Å². The number of benzene rings is 1. The highest BCUT2D eigenvalue weighted by atomic mass is 19.4. The van der Waals surface area contributed by atoms with Crippen molar-refractivity contribution in [3.63, 3.8) is 0 Å². The number of amides is 2. The zero-order valence-corrected chi connectivity index (χ0v) is 21.7. The predicted octanol–water partition coefficient (Wildman–Crippen LogP) is 7.30. The molecule has 0 bridgehead atoms. The fourth-order valence-corrected chi connectivity index (χ4v) is 5.88. The standard InChI is InChI=1S/C28H37F3N4O/c1-5-19-14-15-24-25(33-26(19)32-22-13-9-12-21(16-22)28(29,30)31)18(3)23(20-10-7-8-11-20)17-35(6-2)27(36)34(24)4/h9,12-13,15-16,18,20,23,32H,5-8,10-11,14,17H2,1-4H3. The molecule has 1 saturated heterocycles. The molecule has 1 aliphatic carbocycles. The van der Waals surface area contributed by atoms with Crippen LogP contribution in [-0.2, 0) is 6.18 Å². The summed E-state index contributed by atoms with van der Waals surface area (Å²) < 4.78 is 40.0. The third kappa shape index (κ3) is 5.32. The maximum Gasteiger partial charge on any atom is 0.416 e. The van der Waals surface area contributed by atoms with Crippen molar-refractivity contribution in [3.8, 4) is 0 Å². The van der Waals surface area contributed by atoms with Gasteiger partial charge in [-0.05, 0) is 55.4 Å². The molecule has 1 aromatic carbocycles. The van der Waals surface area contributed by atoms with Crippen LogP contribution in [0.3, 0.4) is 0 Å². The van der Waals surface area contributed by atoms with E-state index in [-0.39, 0.29) is 17.9 Å². The smallest absolute Gasteiger partial charge is 0.340 e. The summed E-state index contributed by atoms with van der Waals surface area (Å²) in [6.45, 7) is 7.59. The van der Waals surface area contributed by atoms with Crippen LogP contribution in [0.4, 0.5) is 23.7 Å². The minimum atomic E-state index is -4.42. The lowest BCUT2D eigenvalue weighted by Gasteiger charge is -2.41. The molecule has 0 radical (unpaired) electrons. The van der Waals surface area contributed by atoms with Crippen molar-refractivity contribution in [1.29, 1.82) is 0 Å². The summed E-state index contributed by atoms with van der Waals surface area (Å²) in [5.41, 5.74) is 2.30. The van der Waals surface area contributed by atoms with Gasteiger partial charge in [-0.1, -0.05) is 51.7 Å². The number of hydrogen-bond acceptors (Lipinski definition) is 3. The van der Waals surface area contributed by atoms with Crippen LogP contribution in [0.15, 0.2) is 52.4 Å². The van der Waals surface area contributed by atoms with Crippen LogP contribution in [0, 0.1) is 17.8 Å². The molecular formula is C28H37F3N4O. The average Bonchev–Trinajstić information content (AvgIpc) is 3.32. The van der Waals surface area contributed by atoms with Gasteiger partial charge in [0.05, 0.1) is 17.0 Å². The number of allylic oxidation sites excluding steroid dienone is 3. The molecule has 0 aromatic heterocycles. The molecule has 2 aliphatic heterocycles. The molecular weight excluding hydrogens is 465 g/mol. The molecule has 196 valence electrons. The quantitative estimate of drug-likeness (QED) is 0.459. The Balaban J connectivity index is 1.77. The number of hydrogen-bond donors (Lipinski definition) is 1. The molecule has 2 unspecified atom stereocenters. The van der Waals surface area contributed by atoms with E-state index in [9.17, 15) is 18.0 Å². The second-order valence-corrected chi connectivity index (χ2v) is 10.2. The van der Waals surface area contributed by atoms with Crippen LogP contribution in [0.5, 0.6) is 0 Å². The molecule has 4 rings (SSSR count). The molecule has 2 atom stereocenters. The van der Waals surface area contributed by atoms with Gasteiger partial charge in [-0.2, -0.15) is 13.2 Å². The fraction of sp³-hybridized carbons (Fsp3) is 0.571. The molecule has 2 fully saturated rings. The Morgan fingerprint density at radius 1 is 1.17 bits per heavy atom. The molecule has 0 spiro atoms. The van der Waals surface area contributed by atoms with Crippen molar-refractivity contribution in [2.45, 2.75) is 65.5 Å². The van der Waals surface area contributed by atoms with E-state index in [1.807, 2.05) is 18.7 Å². The van der Waals surface area contributed by atoms with Gasteiger partial charge in [0.15, 0.2) is 0 Å². The Labute approximate surface area is 212 Å². The summed E-state index contributed by atoms with van der Waals surface area (Å²) in [5.74, 6) is 1.50. The lowest BCUT2D eigenvalue weighted by atomic mass is 9.77. The normalized spacial score (nSPS) is 24.1. The summed E-state index contributed by atoms with van der Waals surface area (Å²) in [4.78, 5) is 22.2. The van der Waals surface area contributed by atoms with Crippen molar-refractivity contribution in [2.24, 2.45) is 22.7 Å². The number of halogens is 3. The van der Waals surface area contributed by atoms with E-state index in [2.05, 4.69) is 18.3 Å². The van der Waals surface area contributed by atoms with Gasteiger partial charge in [0.1, 0.15) is 5.82 Å². The Kier molecular flexibility index (Phi) is 7.81. The summed E-state index contributed by atoms with van der Waals surface area (Å²) >= 11 is 0. The zero-order valence-electron chi connectivity index (χ0n) is 21.7. The fourth-order valence-electron chi connectivity index (χ4n) is 5.88. The highest BCUT2D eigenvalue weighted by Gasteiger charge is 2.39. The second kappa shape index (κ2) is 10.7. The first kappa shape index (κ1) is 26.3. The largest absolute Gasteiger partial charge is 0.416 e. The summed E-state index contributed by atoms with van der Waals surface area (Å²) in [7, 11) is 1.80. The van der Waals surface area contributed by atoms with Crippen LogP contribution in [0.1, 0.15) is 64.9 Å². The molecule has 5 nitrogen and oxygen atoms in total. The number of nitrogens with zero attached hydrogens (tertiary/aromatic N) is 3. The van der Waals surface area contributed by atoms with Gasteiger partial charge in [0.25, 0.3) is 0 Å². The number of rotatable bonds is 5. The summed E-state index contributed by atoms with van der Waals surface area (Å²) in [6.07, 6.45) is 3.67. The van der Waals surface area contributed by atoms with Crippen LogP contribution in [-0.4, -0.2) is 41.7 Å². The number of aliphatic imine (C=N–C) groups is 1. The Hall–Kier alpha value is -2.77. The lowest BCUT2D eigenvalue weighted by molar-refractivity contribution is -0.137. The summed E-state index contributed by atoms with van der Waals surface area (Å²) in [6, 6.07) is 5.20. The monoisotopic (exact) mass is 502 g/mol. The Morgan fingerprint density at radius 2 is 1.89 bits per heavy atom. The van der Waals surface area contributed by atoms with Crippen molar-refractivity contribution >= 4 is 17.4 Å². The predicted molar refractivity (Wildman–Crippen MR) is 138 cm³/mol. The highest BCUT2D eigenvalue weighted by molar-refractivity contribution is 6.05. The van der Waals surface area contributed by atoms with E-state index >= 15 is 0 Å². The molecule has 36 heavy (non-hydrogen) atoms. The Bertz CT molecular complexity index is 1070. The molecule has 3 aliphatic rings. The van der Waals surface area contributed by atoms with E-state index in [1.54, 1.807) is 18.0 Å². The SMILES string of the molecule is CCC1=C(Nc2cccc(C(F)(F)F)c2)N=C2C(=CC1)N(C)C(=O)N(CC)CC(C1CCCC1)C2C. The van der Waals surface area contributed by atoms with Crippen molar-refractivity contribution in [3.05, 3.63) is 53.0 Å².